The van der Waals surface area contributed by atoms with Crippen molar-refractivity contribution in [2.75, 3.05) is 20.1 Å². The number of nitrogens with zero attached hydrogens (tertiary/aromatic N) is 1. The van der Waals surface area contributed by atoms with Crippen LogP contribution in [-0.2, 0) is 0 Å². The Labute approximate surface area is 50.1 Å². The molecule has 0 aromatic rings. The molecule has 2 heteroatoms. The van der Waals surface area contributed by atoms with Crippen molar-refractivity contribution in [3.63, 3.8) is 0 Å². The van der Waals surface area contributed by atoms with Gasteiger partial charge in [0.05, 0.1) is 6.10 Å². The van der Waals surface area contributed by atoms with E-state index < -0.39 is 0 Å². The van der Waals surface area contributed by atoms with Crippen molar-refractivity contribution in [3.05, 3.63) is 0 Å². The Morgan fingerprint density at radius 3 is 2.75 bits per heavy atom. The highest BCUT2D eigenvalue weighted by atomic mass is 16.3. The number of likely N-dealkylation sites (N-methyl/N-ethyl adjacent to an activating group) is 1. The monoisotopic (exact) mass is 115 g/mol. The van der Waals surface area contributed by atoms with Gasteiger partial charge in [0, 0.05) is 6.54 Å². The second-order valence-corrected chi connectivity index (χ2v) is 2.56. The van der Waals surface area contributed by atoms with Gasteiger partial charge in [-0.25, -0.2) is 0 Å². The van der Waals surface area contributed by atoms with Gasteiger partial charge in [-0.1, -0.05) is 0 Å². The molecule has 1 heterocycles. The third kappa shape index (κ3) is 1.46. The first-order valence-electron chi connectivity index (χ1n) is 3.15. The van der Waals surface area contributed by atoms with Gasteiger partial charge in [0.1, 0.15) is 0 Å². The third-order valence-corrected chi connectivity index (χ3v) is 1.60. The van der Waals surface area contributed by atoms with E-state index in [1.807, 2.05) is 7.05 Å². The lowest BCUT2D eigenvalue weighted by Crippen LogP contribution is -2.34. The highest BCUT2D eigenvalue weighted by Crippen LogP contribution is 2.06. The van der Waals surface area contributed by atoms with E-state index in [-0.39, 0.29) is 6.10 Å². The van der Waals surface area contributed by atoms with E-state index in [2.05, 4.69) is 4.90 Å². The maximum Gasteiger partial charge on any atom is 0.0667 e. The molecule has 1 saturated heterocycles. The summed E-state index contributed by atoms with van der Waals surface area (Å²) in [7, 11) is 2.04. The van der Waals surface area contributed by atoms with Crippen LogP contribution in [0.3, 0.4) is 0 Å². The minimum absolute atomic E-state index is 0.0613. The molecule has 0 unspecified atom stereocenters. The number of likely N-dealkylation sites (tertiary alicyclic amines) is 1. The quantitative estimate of drug-likeness (QED) is 0.483. The van der Waals surface area contributed by atoms with Crippen LogP contribution in [0.15, 0.2) is 0 Å². The molecule has 1 rings (SSSR count). The lowest BCUT2D eigenvalue weighted by molar-refractivity contribution is 0.0846. The van der Waals surface area contributed by atoms with Gasteiger partial charge in [-0.05, 0) is 26.4 Å². The number of piperidine rings is 1. The molecule has 0 aromatic heterocycles. The zero-order valence-electron chi connectivity index (χ0n) is 5.30. The van der Waals surface area contributed by atoms with Crippen LogP contribution in [0.5, 0.6) is 0 Å². The van der Waals surface area contributed by atoms with E-state index >= 15 is 0 Å². The number of aliphatic hydroxyl groups excluding tert-OH is 1. The fraction of sp³-hybridized carbons (Fsp3) is 1.00. The summed E-state index contributed by atoms with van der Waals surface area (Å²) in [5.41, 5.74) is 0. The Morgan fingerprint density at radius 2 is 2.38 bits per heavy atom. The molecule has 48 valence electrons. The number of rotatable bonds is 0. The molecule has 0 amide bonds. The summed E-state index contributed by atoms with van der Waals surface area (Å²) in [6.45, 7) is 2.01. The predicted octanol–water partition coefficient (Wildman–Crippen LogP) is 0.0729. The summed E-state index contributed by atoms with van der Waals surface area (Å²) >= 11 is 0. The van der Waals surface area contributed by atoms with Crippen LogP contribution >= 0.6 is 0 Å². The molecule has 0 aromatic carbocycles. The van der Waals surface area contributed by atoms with Crippen molar-refractivity contribution in [1.82, 2.24) is 4.90 Å². The molecule has 0 aliphatic carbocycles. The molecule has 0 spiro atoms. The number of β-amino-alcohol motifs (C(OH)–C–C–N with tert-alkyl or cyclic N) is 1. The van der Waals surface area contributed by atoms with E-state index in [1.165, 1.54) is 0 Å². The molecule has 0 radical (unpaired) electrons. The van der Waals surface area contributed by atoms with Crippen LogP contribution in [-0.4, -0.2) is 36.2 Å². The predicted molar refractivity (Wildman–Crippen MR) is 32.7 cm³/mol. The van der Waals surface area contributed by atoms with Crippen molar-refractivity contribution in [1.29, 1.82) is 0 Å². The normalized spacial score (nSPS) is 33.0. The Morgan fingerprint density at radius 1 is 1.62 bits per heavy atom. The minimum atomic E-state index is -0.0613. The van der Waals surface area contributed by atoms with Crippen molar-refractivity contribution < 1.29 is 5.11 Å². The van der Waals surface area contributed by atoms with Gasteiger partial charge in [0.2, 0.25) is 0 Å². The standard InChI is InChI=1S/C6H13NO/c1-7-4-2-3-6(8)5-7/h6,8H,2-5H2,1H3/t6-/m0/s1. The molecule has 1 aliphatic heterocycles. The Bertz CT molecular complexity index is 66.9. The van der Waals surface area contributed by atoms with Crippen LogP contribution < -0.4 is 0 Å². The Hall–Kier alpha value is -0.0800. The van der Waals surface area contributed by atoms with Gasteiger partial charge in [0.15, 0.2) is 0 Å². The van der Waals surface area contributed by atoms with Gasteiger partial charge >= 0.3 is 0 Å². The number of hydrogen-bond acceptors (Lipinski definition) is 2. The van der Waals surface area contributed by atoms with E-state index in [0.29, 0.717) is 0 Å². The van der Waals surface area contributed by atoms with Crippen LogP contribution in [0.25, 0.3) is 0 Å². The van der Waals surface area contributed by atoms with Crippen molar-refractivity contribution in [2.24, 2.45) is 0 Å². The first kappa shape index (κ1) is 6.05. The smallest absolute Gasteiger partial charge is 0.0667 e. The van der Waals surface area contributed by atoms with Gasteiger partial charge in [0.25, 0.3) is 0 Å². The zero-order chi connectivity index (χ0) is 5.98. The lowest BCUT2D eigenvalue weighted by atomic mass is 10.1. The topological polar surface area (TPSA) is 23.5 Å². The molecule has 0 saturated carbocycles. The third-order valence-electron chi connectivity index (χ3n) is 1.60. The molecular weight excluding hydrogens is 102 g/mol. The molecule has 1 aliphatic rings. The summed E-state index contributed by atoms with van der Waals surface area (Å²) in [6, 6.07) is 0. The lowest BCUT2D eigenvalue weighted by Gasteiger charge is -2.25. The maximum absolute atomic E-state index is 9.04. The molecule has 0 bridgehead atoms. The fourth-order valence-corrected chi connectivity index (χ4v) is 1.14. The SMILES string of the molecule is CN1CCC[C@H](O)C1. The summed E-state index contributed by atoms with van der Waals surface area (Å²) < 4.78 is 0. The maximum atomic E-state index is 9.04. The second kappa shape index (κ2) is 2.46. The van der Waals surface area contributed by atoms with E-state index in [4.69, 9.17) is 5.11 Å². The second-order valence-electron chi connectivity index (χ2n) is 2.56. The number of hydrogen-bond donors (Lipinski definition) is 1. The van der Waals surface area contributed by atoms with E-state index in [0.717, 1.165) is 25.9 Å². The van der Waals surface area contributed by atoms with Gasteiger partial charge < -0.3 is 10.0 Å². The molecule has 1 atom stereocenters. The van der Waals surface area contributed by atoms with Gasteiger partial charge in [-0.15, -0.1) is 0 Å². The highest BCUT2D eigenvalue weighted by Gasteiger charge is 2.12. The average molecular weight is 115 g/mol. The molecule has 8 heavy (non-hydrogen) atoms. The van der Waals surface area contributed by atoms with Crippen LogP contribution in [0.1, 0.15) is 12.8 Å². The van der Waals surface area contributed by atoms with Crippen molar-refractivity contribution in [3.8, 4) is 0 Å². The largest absolute Gasteiger partial charge is 0.392 e. The van der Waals surface area contributed by atoms with Gasteiger partial charge in [-0.3, -0.25) is 0 Å². The summed E-state index contributed by atoms with van der Waals surface area (Å²) in [6.07, 6.45) is 2.08. The van der Waals surface area contributed by atoms with E-state index in [1.54, 1.807) is 0 Å². The molecule has 1 N–H and O–H groups in total. The first-order chi connectivity index (χ1) is 3.79. The van der Waals surface area contributed by atoms with Crippen LogP contribution in [0.2, 0.25) is 0 Å². The van der Waals surface area contributed by atoms with Crippen LogP contribution in [0, 0.1) is 0 Å². The number of aliphatic hydroxyl groups is 1. The average Bonchev–Trinajstić information content (AvgIpc) is 1.64. The first-order valence-corrected chi connectivity index (χ1v) is 3.15. The summed E-state index contributed by atoms with van der Waals surface area (Å²) in [5, 5.41) is 9.04. The molecular formula is C6H13NO. The Balaban J connectivity index is 2.23. The zero-order valence-corrected chi connectivity index (χ0v) is 5.30. The van der Waals surface area contributed by atoms with Crippen LogP contribution in [0.4, 0.5) is 0 Å². The Kier molecular flexibility index (Phi) is 1.86. The fourth-order valence-electron chi connectivity index (χ4n) is 1.14. The minimum Gasteiger partial charge on any atom is -0.392 e. The van der Waals surface area contributed by atoms with Crippen molar-refractivity contribution in [2.45, 2.75) is 18.9 Å². The van der Waals surface area contributed by atoms with E-state index in [9.17, 15) is 0 Å². The summed E-state index contributed by atoms with van der Waals surface area (Å²) in [5.74, 6) is 0. The van der Waals surface area contributed by atoms with Crippen molar-refractivity contribution >= 4 is 0 Å². The summed E-state index contributed by atoms with van der Waals surface area (Å²) in [4.78, 5) is 2.16. The van der Waals surface area contributed by atoms with Gasteiger partial charge in [-0.2, -0.15) is 0 Å². The molecule has 1 fully saturated rings. The highest BCUT2D eigenvalue weighted by molar-refractivity contribution is 4.67. The molecule has 2 nitrogen and oxygen atoms in total.